The second-order valence-electron chi connectivity index (χ2n) is 13.1. The van der Waals surface area contributed by atoms with Crippen molar-refractivity contribution >= 4 is 23.9 Å². The number of carbonyl (C=O) groups is 4. The summed E-state index contributed by atoms with van der Waals surface area (Å²) in [5.41, 5.74) is 15.8. The fourth-order valence-corrected chi connectivity index (χ4v) is 7.46. The van der Waals surface area contributed by atoms with Crippen molar-refractivity contribution in [3.8, 4) is 0 Å². The number of aliphatic carboxylic acids is 4. The molecule has 8 bridgehead atoms. The predicted octanol–water partition coefficient (Wildman–Crippen LogP) is 8.41. The molecule has 5 aliphatic rings. The minimum Gasteiger partial charge on any atom is -0.481 e. The lowest BCUT2D eigenvalue weighted by atomic mass is 9.96. The molecule has 8 heteroatoms. The topological polar surface area (TPSA) is 149 Å². The van der Waals surface area contributed by atoms with Crippen molar-refractivity contribution in [3.63, 3.8) is 0 Å². The molecule has 5 aliphatic carbocycles. The SMILES string of the molecule is CC1=C2/C=C3C=C(/C=C4\C/C(=C\C5=CC(=C\C(=C1CCC(=O)O)C2)/C(C)=C5CCC(=O)O)C(C)=C4CCC(=O)O)C(C)=C\3CCC(=O)O. The Bertz CT molecular complexity index is 1880. The third-order valence-corrected chi connectivity index (χ3v) is 10.2. The molecule has 0 heterocycles. The van der Waals surface area contributed by atoms with Gasteiger partial charge in [0.1, 0.15) is 0 Å². The van der Waals surface area contributed by atoms with E-state index in [1.54, 1.807) is 0 Å². The van der Waals surface area contributed by atoms with Crippen LogP contribution in [0.1, 0.15) is 91.9 Å². The second-order valence-corrected chi connectivity index (χ2v) is 13.1. The third-order valence-electron chi connectivity index (χ3n) is 10.2. The molecule has 0 aromatic carbocycles. The summed E-state index contributed by atoms with van der Waals surface area (Å²) in [6, 6.07) is 0. The first-order chi connectivity index (χ1) is 22.7. The van der Waals surface area contributed by atoms with Gasteiger partial charge in [-0.2, -0.15) is 0 Å². The van der Waals surface area contributed by atoms with Crippen LogP contribution in [0.5, 0.6) is 0 Å². The summed E-state index contributed by atoms with van der Waals surface area (Å²) in [5.74, 6) is -3.50. The van der Waals surface area contributed by atoms with Crippen molar-refractivity contribution in [1.29, 1.82) is 0 Å². The monoisotopic (exact) mass is 650 g/mol. The van der Waals surface area contributed by atoms with Crippen molar-refractivity contribution in [2.24, 2.45) is 0 Å². The number of hydrogen-bond donors (Lipinski definition) is 4. The number of fused-ring (bicyclic) bond motifs is 6. The van der Waals surface area contributed by atoms with Crippen LogP contribution in [0, 0.1) is 0 Å². The Hall–Kier alpha value is -4.98. The highest BCUT2D eigenvalue weighted by molar-refractivity contribution is 5.74. The van der Waals surface area contributed by atoms with Gasteiger partial charge in [-0.25, -0.2) is 0 Å². The van der Waals surface area contributed by atoms with Gasteiger partial charge in [0.2, 0.25) is 0 Å². The van der Waals surface area contributed by atoms with Crippen molar-refractivity contribution in [3.05, 3.63) is 126 Å². The highest BCUT2D eigenvalue weighted by Gasteiger charge is 2.29. The van der Waals surface area contributed by atoms with E-state index < -0.39 is 23.9 Å². The molecule has 0 aromatic heterocycles. The van der Waals surface area contributed by atoms with Gasteiger partial charge in [-0.1, -0.05) is 24.3 Å². The van der Waals surface area contributed by atoms with Crippen molar-refractivity contribution < 1.29 is 39.6 Å². The average molecular weight is 651 g/mol. The lowest BCUT2D eigenvalue weighted by molar-refractivity contribution is -0.137. The van der Waals surface area contributed by atoms with E-state index in [2.05, 4.69) is 36.5 Å². The number of allylic oxidation sites excluding steroid dienone is 22. The quantitative estimate of drug-likeness (QED) is 0.164. The first-order valence-corrected chi connectivity index (χ1v) is 16.4. The molecule has 4 N–H and O–H groups in total. The van der Waals surface area contributed by atoms with Crippen molar-refractivity contribution in [2.75, 3.05) is 0 Å². The molecule has 48 heavy (non-hydrogen) atoms. The Balaban J connectivity index is 1.75. The zero-order valence-electron chi connectivity index (χ0n) is 28.0. The van der Waals surface area contributed by atoms with Gasteiger partial charge in [0.05, 0.1) is 0 Å². The molecule has 0 spiro atoms. The molecular weight excluding hydrogens is 608 g/mol. The maximum absolute atomic E-state index is 11.6. The molecule has 8 nitrogen and oxygen atoms in total. The molecule has 0 saturated heterocycles. The van der Waals surface area contributed by atoms with Crippen LogP contribution < -0.4 is 0 Å². The summed E-state index contributed by atoms with van der Waals surface area (Å²) in [6.07, 6.45) is 15.2. The second kappa shape index (κ2) is 14.0. The highest BCUT2D eigenvalue weighted by Crippen LogP contribution is 2.46. The van der Waals surface area contributed by atoms with E-state index >= 15 is 0 Å². The van der Waals surface area contributed by atoms with E-state index in [0.29, 0.717) is 38.5 Å². The molecule has 0 atom stereocenters. The Labute approximate surface area is 280 Å². The van der Waals surface area contributed by atoms with Crippen LogP contribution in [-0.2, 0) is 19.2 Å². The van der Waals surface area contributed by atoms with Crippen LogP contribution in [0.3, 0.4) is 0 Å². The fraction of sp³-hybridized carbons (Fsp3) is 0.350. The fourth-order valence-electron chi connectivity index (χ4n) is 7.46. The summed E-state index contributed by atoms with van der Waals surface area (Å²) in [4.78, 5) is 46.6. The molecule has 0 unspecified atom stereocenters. The van der Waals surface area contributed by atoms with E-state index in [-0.39, 0.29) is 25.7 Å². The Morgan fingerprint density at radius 2 is 0.854 bits per heavy atom. The van der Waals surface area contributed by atoms with Crippen molar-refractivity contribution in [2.45, 2.75) is 91.9 Å². The Morgan fingerprint density at radius 1 is 0.438 bits per heavy atom. The average Bonchev–Trinajstić information content (AvgIpc) is 3.66. The molecule has 5 rings (SSSR count). The van der Waals surface area contributed by atoms with E-state index in [1.165, 1.54) is 0 Å². The van der Waals surface area contributed by atoms with Crippen LogP contribution in [0.4, 0.5) is 0 Å². The van der Waals surface area contributed by atoms with Crippen LogP contribution in [0.25, 0.3) is 0 Å². The molecule has 250 valence electrons. The van der Waals surface area contributed by atoms with Gasteiger partial charge in [-0.15, -0.1) is 0 Å². The summed E-state index contributed by atoms with van der Waals surface area (Å²) in [6.45, 7) is 8.03. The first-order valence-electron chi connectivity index (χ1n) is 16.4. The third kappa shape index (κ3) is 7.28. The minimum atomic E-state index is -0.877. The lowest BCUT2D eigenvalue weighted by Gasteiger charge is -2.09. The van der Waals surface area contributed by atoms with Gasteiger partial charge < -0.3 is 20.4 Å². The summed E-state index contributed by atoms with van der Waals surface area (Å²) in [7, 11) is 0. The molecule has 0 radical (unpaired) electrons. The van der Waals surface area contributed by atoms with Crippen molar-refractivity contribution in [1.82, 2.24) is 0 Å². The largest absolute Gasteiger partial charge is 0.481 e. The number of carboxylic acid groups (broad SMARTS) is 4. The van der Waals surface area contributed by atoms with Crippen LogP contribution in [-0.4, -0.2) is 44.3 Å². The Morgan fingerprint density at radius 3 is 1.40 bits per heavy atom. The maximum Gasteiger partial charge on any atom is 0.303 e. The van der Waals surface area contributed by atoms with Crippen LogP contribution in [0.15, 0.2) is 126 Å². The Kier molecular flexibility index (Phi) is 10.0. The highest BCUT2D eigenvalue weighted by atomic mass is 16.4. The zero-order valence-corrected chi connectivity index (χ0v) is 28.0. The van der Waals surface area contributed by atoms with Gasteiger partial charge in [-0.05, 0) is 168 Å². The van der Waals surface area contributed by atoms with Gasteiger partial charge in [0, 0.05) is 25.7 Å². The number of rotatable bonds is 12. The molecule has 0 fully saturated rings. The normalized spacial score (nSPS) is 23.4. The summed E-state index contributed by atoms with van der Waals surface area (Å²) >= 11 is 0. The molecule has 0 saturated carbocycles. The zero-order chi connectivity index (χ0) is 34.9. The standard InChI is InChI=1S/C40H42O8/c1-21-25-13-29(33(21)5-9-37(41)42)18-26-15-31(35(22(26)2)7-11-39(45)46)20-28-16-32(36(24(28)4)8-12-40(47)48)19-27-14-30(17-25)34(23(27)3)6-10-38(43)44/h13,16-20H,5-12,14-15H2,1-4H3,(H,41,42)(H,43,44)(H,45,46)(H,47,48)/b25-17+,26-18+,27-19?,28-20?,29-18?,30-17?,31-20+,32-19+. The lowest BCUT2D eigenvalue weighted by Crippen LogP contribution is -1.98. The maximum atomic E-state index is 11.6. The predicted molar refractivity (Wildman–Crippen MR) is 183 cm³/mol. The molecular formula is C40H42O8. The first kappa shape index (κ1) is 34.4. The molecule has 0 aliphatic heterocycles. The van der Waals surface area contributed by atoms with E-state index in [1.807, 2.05) is 27.7 Å². The van der Waals surface area contributed by atoms with E-state index in [0.717, 1.165) is 89.2 Å². The van der Waals surface area contributed by atoms with Gasteiger partial charge in [0.15, 0.2) is 0 Å². The summed E-state index contributed by atoms with van der Waals surface area (Å²) in [5, 5.41) is 38.2. The van der Waals surface area contributed by atoms with Crippen LogP contribution >= 0.6 is 0 Å². The van der Waals surface area contributed by atoms with Gasteiger partial charge in [0.25, 0.3) is 0 Å². The number of carboxylic acids is 4. The summed E-state index contributed by atoms with van der Waals surface area (Å²) < 4.78 is 0. The van der Waals surface area contributed by atoms with E-state index in [4.69, 9.17) is 0 Å². The van der Waals surface area contributed by atoms with Gasteiger partial charge in [-0.3, -0.25) is 19.2 Å². The van der Waals surface area contributed by atoms with E-state index in [9.17, 15) is 39.6 Å². The number of hydrogen-bond acceptors (Lipinski definition) is 4. The van der Waals surface area contributed by atoms with Crippen LogP contribution in [0.2, 0.25) is 0 Å². The smallest absolute Gasteiger partial charge is 0.303 e. The molecule has 0 amide bonds. The minimum absolute atomic E-state index is 0.00855. The molecule has 0 aromatic rings. The van der Waals surface area contributed by atoms with Gasteiger partial charge >= 0.3 is 23.9 Å².